The second-order valence-corrected chi connectivity index (χ2v) is 5.89. The number of hydrogen-bond donors (Lipinski definition) is 2. The van der Waals surface area contributed by atoms with E-state index in [9.17, 15) is 4.79 Å². The minimum Gasteiger partial charge on any atom is -0.379 e. The number of benzene rings is 1. The number of anilines is 1. The van der Waals surface area contributed by atoms with Gasteiger partial charge in [0, 0.05) is 11.1 Å². The summed E-state index contributed by atoms with van der Waals surface area (Å²) >= 11 is 12.1. The summed E-state index contributed by atoms with van der Waals surface area (Å²) in [5.74, 6) is -0.209. The Hall–Kier alpha value is -0.810. The van der Waals surface area contributed by atoms with E-state index in [-0.39, 0.29) is 11.9 Å². The average Bonchev–Trinajstić information content (AvgIpc) is 2.68. The van der Waals surface area contributed by atoms with Crippen LogP contribution in [0.4, 0.5) is 5.69 Å². The van der Waals surface area contributed by atoms with E-state index in [0.717, 1.165) is 5.56 Å². The first kappa shape index (κ1) is 14.6. The Balaban J connectivity index is 2.22. The normalized spacial score (nSPS) is 26.5. The van der Waals surface area contributed by atoms with Crippen molar-refractivity contribution in [2.24, 2.45) is 11.1 Å². The minimum atomic E-state index is -0.749. The lowest BCUT2D eigenvalue weighted by atomic mass is 9.85. The van der Waals surface area contributed by atoms with Crippen LogP contribution < -0.4 is 11.1 Å². The van der Waals surface area contributed by atoms with Gasteiger partial charge in [0.05, 0.1) is 29.3 Å². The first-order valence-electron chi connectivity index (χ1n) is 5.95. The lowest BCUT2D eigenvalue weighted by Crippen LogP contribution is -2.47. The molecule has 1 amide bonds. The summed E-state index contributed by atoms with van der Waals surface area (Å²) < 4.78 is 5.26. The van der Waals surface area contributed by atoms with Crippen molar-refractivity contribution in [3.63, 3.8) is 0 Å². The van der Waals surface area contributed by atoms with Gasteiger partial charge in [-0.25, -0.2) is 0 Å². The number of nitrogens with one attached hydrogen (secondary N) is 1. The van der Waals surface area contributed by atoms with Crippen molar-refractivity contribution in [1.29, 1.82) is 0 Å². The Morgan fingerprint density at radius 1 is 1.47 bits per heavy atom. The topological polar surface area (TPSA) is 64.3 Å². The van der Waals surface area contributed by atoms with Crippen LogP contribution in [0.3, 0.4) is 0 Å². The van der Waals surface area contributed by atoms with Crippen molar-refractivity contribution in [3.05, 3.63) is 27.7 Å². The second kappa shape index (κ2) is 5.29. The van der Waals surface area contributed by atoms with Crippen LogP contribution in [-0.2, 0) is 9.53 Å². The highest BCUT2D eigenvalue weighted by molar-refractivity contribution is 6.36. The van der Waals surface area contributed by atoms with Gasteiger partial charge in [-0.2, -0.15) is 0 Å². The summed E-state index contributed by atoms with van der Waals surface area (Å²) in [4.78, 5) is 12.3. The van der Waals surface area contributed by atoms with Gasteiger partial charge < -0.3 is 15.8 Å². The van der Waals surface area contributed by atoms with Crippen LogP contribution >= 0.6 is 23.2 Å². The minimum absolute atomic E-state index is 0.209. The molecular formula is C13H16Cl2N2O2. The van der Waals surface area contributed by atoms with Gasteiger partial charge in [-0.05, 0) is 31.5 Å². The lowest BCUT2D eigenvalue weighted by molar-refractivity contribution is -0.125. The summed E-state index contributed by atoms with van der Waals surface area (Å²) in [6, 6.07) is 3.03. The number of hydrogen-bond acceptors (Lipinski definition) is 3. The zero-order chi connectivity index (χ0) is 14.2. The highest BCUT2D eigenvalue weighted by Crippen LogP contribution is 2.32. The second-order valence-electron chi connectivity index (χ2n) is 5.07. The quantitative estimate of drug-likeness (QED) is 0.882. The molecule has 6 heteroatoms. The van der Waals surface area contributed by atoms with Crippen LogP contribution in [0.2, 0.25) is 10.0 Å². The van der Waals surface area contributed by atoms with Crippen LogP contribution in [0.1, 0.15) is 12.5 Å². The highest BCUT2D eigenvalue weighted by atomic mass is 35.5. The number of aryl methyl sites for hydroxylation is 1. The number of nitrogens with two attached hydrogens (primary N) is 1. The zero-order valence-corrected chi connectivity index (χ0v) is 12.3. The van der Waals surface area contributed by atoms with Gasteiger partial charge in [0.25, 0.3) is 0 Å². The van der Waals surface area contributed by atoms with Gasteiger partial charge >= 0.3 is 0 Å². The van der Waals surface area contributed by atoms with Gasteiger partial charge in [0.15, 0.2) is 0 Å². The Bertz CT molecular complexity index is 522. The molecule has 0 saturated carbocycles. The van der Waals surface area contributed by atoms with Gasteiger partial charge in [-0.3, -0.25) is 4.79 Å². The Labute approximate surface area is 122 Å². The first-order chi connectivity index (χ1) is 8.84. The van der Waals surface area contributed by atoms with Crippen molar-refractivity contribution in [2.45, 2.75) is 19.9 Å². The Morgan fingerprint density at radius 3 is 2.74 bits per heavy atom. The molecule has 1 saturated heterocycles. The molecular weight excluding hydrogens is 287 g/mol. The Morgan fingerprint density at radius 2 is 2.16 bits per heavy atom. The molecule has 1 aliphatic heterocycles. The summed E-state index contributed by atoms with van der Waals surface area (Å²) in [7, 11) is 0. The first-order valence-corrected chi connectivity index (χ1v) is 6.70. The van der Waals surface area contributed by atoms with Gasteiger partial charge in [0.2, 0.25) is 5.91 Å². The lowest BCUT2D eigenvalue weighted by Gasteiger charge is -2.25. The molecule has 104 valence electrons. The van der Waals surface area contributed by atoms with Crippen LogP contribution in [-0.4, -0.2) is 25.2 Å². The molecule has 1 heterocycles. The fourth-order valence-electron chi connectivity index (χ4n) is 1.93. The number of ether oxygens (including phenoxy) is 1. The summed E-state index contributed by atoms with van der Waals surface area (Å²) in [5, 5.41) is 3.78. The molecule has 1 aromatic carbocycles. The fourth-order valence-corrected chi connectivity index (χ4v) is 2.36. The summed E-state index contributed by atoms with van der Waals surface area (Å²) in [6.07, 6.45) is 0. The molecule has 2 unspecified atom stereocenters. The van der Waals surface area contributed by atoms with Crippen molar-refractivity contribution in [1.82, 2.24) is 0 Å². The molecule has 3 N–H and O–H groups in total. The number of rotatable bonds is 2. The van der Waals surface area contributed by atoms with E-state index in [4.69, 9.17) is 33.7 Å². The highest BCUT2D eigenvalue weighted by Gasteiger charge is 2.44. The molecule has 0 aliphatic carbocycles. The largest absolute Gasteiger partial charge is 0.379 e. The number of carbonyl (C=O) groups excluding carboxylic acids is 1. The predicted molar refractivity (Wildman–Crippen MR) is 76.7 cm³/mol. The predicted octanol–water partition coefficient (Wildman–Crippen LogP) is 2.60. The molecule has 2 atom stereocenters. The van der Waals surface area contributed by atoms with Gasteiger partial charge in [-0.1, -0.05) is 23.2 Å². The monoisotopic (exact) mass is 302 g/mol. The van der Waals surface area contributed by atoms with E-state index in [1.54, 1.807) is 19.1 Å². The molecule has 1 fully saturated rings. The zero-order valence-electron chi connectivity index (χ0n) is 10.8. The SMILES string of the molecule is Cc1cc(Cl)c(NC(=O)C2(C)COCC2N)cc1Cl. The van der Waals surface area contributed by atoms with Crippen LogP contribution in [0.5, 0.6) is 0 Å². The number of halogens is 2. The molecule has 19 heavy (non-hydrogen) atoms. The van der Waals surface area contributed by atoms with E-state index in [1.165, 1.54) is 0 Å². The van der Waals surface area contributed by atoms with E-state index in [0.29, 0.717) is 28.9 Å². The molecule has 0 aromatic heterocycles. The van der Waals surface area contributed by atoms with E-state index < -0.39 is 5.41 Å². The van der Waals surface area contributed by atoms with Gasteiger partial charge in [-0.15, -0.1) is 0 Å². The van der Waals surface area contributed by atoms with Crippen molar-refractivity contribution >= 4 is 34.8 Å². The molecule has 0 radical (unpaired) electrons. The Kier molecular flexibility index (Phi) is 4.06. The summed E-state index contributed by atoms with van der Waals surface area (Å²) in [5.41, 5.74) is 6.51. The summed E-state index contributed by atoms with van der Waals surface area (Å²) in [6.45, 7) is 4.31. The molecule has 4 nitrogen and oxygen atoms in total. The number of carbonyl (C=O) groups is 1. The van der Waals surface area contributed by atoms with E-state index >= 15 is 0 Å². The van der Waals surface area contributed by atoms with Crippen molar-refractivity contribution in [3.8, 4) is 0 Å². The maximum absolute atomic E-state index is 12.3. The van der Waals surface area contributed by atoms with Crippen LogP contribution in [0, 0.1) is 12.3 Å². The third-order valence-corrected chi connectivity index (χ3v) is 4.25. The van der Waals surface area contributed by atoms with E-state index in [1.807, 2.05) is 6.92 Å². The van der Waals surface area contributed by atoms with Gasteiger partial charge in [0.1, 0.15) is 0 Å². The maximum atomic E-state index is 12.3. The molecule has 1 aromatic rings. The maximum Gasteiger partial charge on any atom is 0.234 e. The van der Waals surface area contributed by atoms with E-state index in [2.05, 4.69) is 5.32 Å². The molecule has 0 spiro atoms. The molecule has 0 bridgehead atoms. The fraction of sp³-hybridized carbons (Fsp3) is 0.462. The third kappa shape index (κ3) is 2.72. The number of amides is 1. The van der Waals surface area contributed by atoms with Crippen LogP contribution in [0.15, 0.2) is 12.1 Å². The third-order valence-electron chi connectivity index (χ3n) is 3.53. The average molecular weight is 303 g/mol. The molecule has 1 aliphatic rings. The molecule has 2 rings (SSSR count). The smallest absolute Gasteiger partial charge is 0.234 e. The standard InChI is InChI=1S/C13H16Cl2N2O2/c1-7-3-9(15)10(4-8(7)14)17-12(18)13(2)6-19-5-11(13)16/h3-4,11H,5-6,16H2,1-2H3,(H,17,18). The van der Waals surface area contributed by atoms with Crippen molar-refractivity contribution < 1.29 is 9.53 Å². The van der Waals surface area contributed by atoms with Crippen molar-refractivity contribution in [2.75, 3.05) is 18.5 Å². The van der Waals surface area contributed by atoms with Crippen LogP contribution in [0.25, 0.3) is 0 Å².